The Bertz CT molecular complexity index is 2810. The van der Waals surface area contributed by atoms with E-state index in [0.717, 1.165) is 38.8 Å². The normalized spacial score (nSPS) is 17.1. The molecule has 4 aromatic heterocycles. The first kappa shape index (κ1) is 50.9. The van der Waals surface area contributed by atoms with Gasteiger partial charge in [0.25, 0.3) is 0 Å². The van der Waals surface area contributed by atoms with Crippen LogP contribution in [0.15, 0.2) is 73.3 Å². The fraction of sp³-hybridized carbons (Fsp3) is 0.440. The smallest absolute Gasteiger partial charge is 0.387 e. The zero-order valence-electron chi connectivity index (χ0n) is 39.1. The molecule has 2 saturated carbocycles. The summed E-state index contributed by atoms with van der Waals surface area (Å²) in [6, 6.07) is 13.2. The molecule has 380 valence electrons. The van der Waals surface area contributed by atoms with Crippen molar-refractivity contribution in [1.29, 1.82) is 0 Å². The molecule has 2 aromatic carbocycles. The predicted molar refractivity (Wildman–Crippen MR) is 249 cm³/mol. The Kier molecular flexibility index (Phi) is 16.3. The first-order valence-corrected chi connectivity index (χ1v) is 23.1. The Morgan fingerprint density at radius 1 is 0.718 bits per heavy atom. The number of Topliss-reactive ketones (excluding diaryl/α,β-unsaturated/α-hetero) is 2. The van der Waals surface area contributed by atoms with Crippen molar-refractivity contribution in [3.63, 3.8) is 0 Å². The van der Waals surface area contributed by atoms with Gasteiger partial charge in [-0.05, 0) is 73.9 Å². The largest absolute Gasteiger partial charge is 0.496 e. The summed E-state index contributed by atoms with van der Waals surface area (Å²) < 4.78 is 98.8. The maximum absolute atomic E-state index is 13.3. The summed E-state index contributed by atoms with van der Waals surface area (Å²) in [5, 5.41) is 10.4. The quantitative estimate of drug-likeness (QED) is 0.0406. The fourth-order valence-electron chi connectivity index (χ4n) is 8.31. The van der Waals surface area contributed by atoms with Gasteiger partial charge in [-0.15, -0.1) is 0 Å². The Morgan fingerprint density at radius 3 is 1.62 bits per heavy atom. The maximum Gasteiger partial charge on any atom is 0.387 e. The van der Waals surface area contributed by atoms with E-state index < -0.39 is 19.3 Å². The van der Waals surface area contributed by atoms with E-state index in [1.807, 2.05) is 0 Å². The third-order valence-electron chi connectivity index (χ3n) is 12.3. The van der Waals surface area contributed by atoms with Gasteiger partial charge < -0.3 is 48.5 Å². The van der Waals surface area contributed by atoms with Crippen molar-refractivity contribution in [3.05, 3.63) is 84.4 Å². The minimum Gasteiger partial charge on any atom is -0.496 e. The summed E-state index contributed by atoms with van der Waals surface area (Å²) in [5.41, 5.74) is 3.53. The minimum atomic E-state index is -3.09. The van der Waals surface area contributed by atoms with Crippen molar-refractivity contribution in [3.8, 4) is 57.0 Å². The van der Waals surface area contributed by atoms with E-state index in [-0.39, 0.29) is 76.2 Å². The highest BCUT2D eigenvalue weighted by Gasteiger charge is 2.32. The van der Waals surface area contributed by atoms with E-state index in [1.54, 1.807) is 70.0 Å². The second kappa shape index (κ2) is 22.7. The molecule has 2 atom stereocenters. The van der Waals surface area contributed by atoms with Gasteiger partial charge in [0.05, 0.1) is 57.8 Å². The number of aliphatic hydroxyl groups excluding tert-OH is 1. The van der Waals surface area contributed by atoms with E-state index >= 15 is 0 Å². The molecule has 0 spiro atoms. The molecule has 71 heavy (non-hydrogen) atoms. The summed E-state index contributed by atoms with van der Waals surface area (Å²) in [6.45, 7) is -1.46. The Labute approximate surface area is 405 Å². The maximum atomic E-state index is 13.3. The lowest BCUT2D eigenvalue weighted by molar-refractivity contribution is -0.0509. The van der Waals surface area contributed by atoms with Crippen LogP contribution in [0.25, 0.3) is 33.8 Å². The molecule has 6 aromatic rings. The molecule has 2 unspecified atom stereocenters. The number of epoxide rings is 1. The van der Waals surface area contributed by atoms with Crippen molar-refractivity contribution >= 4 is 22.9 Å². The summed E-state index contributed by atoms with van der Waals surface area (Å²) >= 11 is 0. The second-order valence-electron chi connectivity index (χ2n) is 17.6. The van der Waals surface area contributed by atoms with Crippen LogP contribution in [-0.2, 0) is 9.47 Å². The van der Waals surface area contributed by atoms with Crippen LogP contribution in [0.1, 0.15) is 59.2 Å². The molecule has 6 heterocycles. The summed E-state index contributed by atoms with van der Waals surface area (Å²) in [6.07, 6.45) is 10.7. The monoisotopic (exact) mass is 993 g/mol. The number of ketones is 2. The molecule has 0 bridgehead atoms. The molecule has 0 radical (unpaired) electrons. The number of aliphatic hydroxyl groups is 1. The van der Waals surface area contributed by atoms with Crippen LogP contribution in [0.2, 0.25) is 0 Å². The summed E-state index contributed by atoms with van der Waals surface area (Å²) in [4.78, 5) is 36.6. The molecule has 3 N–H and O–H groups in total. The highest BCUT2D eigenvalue weighted by atomic mass is 19.3. The average Bonchev–Trinajstić information content (AvgIpc) is 4.30. The SMILES string of the molecule is COc1cc(-c2cnc3cc(OCC(O)CN4CCOCC4)ccn23)cc(OC(F)F)c1C(=O)CC1CC1.COc1cc(-c2cnc3cc(OCC4CO4)ccn23)cc(OC(F)F)c1C(=O)CC1CC1.O. The number of halogens is 4. The number of hydrogen-bond donors (Lipinski definition) is 1. The van der Waals surface area contributed by atoms with Gasteiger partial charge in [0.15, 0.2) is 11.6 Å². The number of alkyl halides is 4. The molecular weight excluding hydrogens is 939 g/mol. The molecule has 4 fully saturated rings. The molecule has 10 rings (SSSR count). The second-order valence-corrected chi connectivity index (χ2v) is 17.6. The van der Waals surface area contributed by atoms with Gasteiger partial charge in [-0.3, -0.25) is 23.3 Å². The lowest BCUT2D eigenvalue weighted by Gasteiger charge is -2.28. The number of benzene rings is 2. The lowest BCUT2D eigenvalue weighted by atomic mass is 10.00. The molecule has 2 aliphatic carbocycles. The third-order valence-corrected chi connectivity index (χ3v) is 12.3. The number of nitrogens with zero attached hydrogens (tertiary/aromatic N) is 5. The standard InChI is InChI=1S/C27H31F2N3O6.C23H22F2N2O5.H2O/c1-35-23-11-18(12-24(38-27(28)29)26(23)22(34)10-17-2-3-17)21-14-30-25-13-20(4-5-32(21)25)37-16-19(33)15-31-6-8-36-9-7-31;1-29-19-7-14(8-20(32-23(24)25)22(19)18(28)6-13-2-3-13)17-10-26-21-9-15(4-5-27(17)21)30-11-16-12-31-16;/h4-5,11-14,17,19,27,33H,2-3,6-10,15-16H2,1H3;4-5,7-10,13,16,23H,2-3,6,11-12H2,1H3;1H2. The third kappa shape index (κ3) is 12.9. The van der Waals surface area contributed by atoms with Crippen LogP contribution in [-0.4, -0.2) is 138 Å². The van der Waals surface area contributed by atoms with E-state index in [0.29, 0.717) is 90.6 Å². The molecular formula is C50H55F4N5O12. The number of hydrogen-bond acceptors (Lipinski definition) is 14. The summed E-state index contributed by atoms with van der Waals surface area (Å²) in [7, 11) is 2.80. The number of carbonyl (C=O) groups is 2. The van der Waals surface area contributed by atoms with Crippen LogP contribution in [0.5, 0.6) is 34.5 Å². The van der Waals surface area contributed by atoms with Gasteiger partial charge in [0.1, 0.15) is 82.3 Å². The number of imidazole rings is 2. The van der Waals surface area contributed by atoms with Gasteiger partial charge in [-0.2, -0.15) is 17.6 Å². The van der Waals surface area contributed by atoms with Crippen LogP contribution in [0.4, 0.5) is 17.6 Å². The zero-order chi connectivity index (χ0) is 48.9. The number of methoxy groups -OCH3 is 2. The number of rotatable bonds is 22. The fourth-order valence-corrected chi connectivity index (χ4v) is 8.31. The molecule has 0 amide bonds. The molecule has 2 saturated heterocycles. The minimum absolute atomic E-state index is 0. The van der Waals surface area contributed by atoms with Crippen molar-refractivity contribution in [2.24, 2.45) is 11.8 Å². The van der Waals surface area contributed by atoms with E-state index in [1.165, 1.54) is 26.4 Å². The Hall–Kier alpha value is -6.52. The molecule has 4 aliphatic rings. The van der Waals surface area contributed by atoms with Gasteiger partial charge >= 0.3 is 13.2 Å². The average molecular weight is 994 g/mol. The summed E-state index contributed by atoms with van der Waals surface area (Å²) in [5.74, 6) is 1.20. The van der Waals surface area contributed by atoms with Crippen molar-refractivity contribution < 1.29 is 75.6 Å². The predicted octanol–water partition coefficient (Wildman–Crippen LogP) is 7.21. The highest BCUT2D eigenvalue weighted by Crippen LogP contribution is 2.42. The number of ether oxygens (including phenoxy) is 8. The van der Waals surface area contributed by atoms with Crippen molar-refractivity contribution in [1.82, 2.24) is 23.7 Å². The van der Waals surface area contributed by atoms with E-state index in [2.05, 4.69) is 14.9 Å². The number of aromatic nitrogens is 4. The number of pyridine rings is 2. The zero-order valence-corrected chi connectivity index (χ0v) is 39.1. The van der Waals surface area contributed by atoms with Gasteiger partial charge in [-0.1, -0.05) is 0 Å². The molecule has 17 nitrogen and oxygen atoms in total. The first-order chi connectivity index (χ1) is 33.9. The topological polar surface area (TPSA) is 201 Å². The van der Waals surface area contributed by atoms with Gasteiger partial charge in [0, 0.05) is 68.1 Å². The number of morpholine rings is 1. The van der Waals surface area contributed by atoms with Crippen LogP contribution in [0.3, 0.4) is 0 Å². The number of carbonyl (C=O) groups excluding carboxylic acids is 2. The van der Waals surface area contributed by atoms with Crippen LogP contribution in [0, 0.1) is 11.8 Å². The molecule has 21 heteroatoms. The van der Waals surface area contributed by atoms with E-state index in [4.69, 9.17) is 37.9 Å². The lowest BCUT2D eigenvalue weighted by Crippen LogP contribution is -2.42. The number of fused-ring (bicyclic) bond motifs is 2. The Balaban J connectivity index is 0.000000190. The van der Waals surface area contributed by atoms with Crippen molar-refractivity contribution in [2.45, 2.75) is 64.0 Å². The van der Waals surface area contributed by atoms with Crippen LogP contribution >= 0.6 is 0 Å². The Morgan fingerprint density at radius 2 is 1.18 bits per heavy atom. The molecule has 2 aliphatic heterocycles. The van der Waals surface area contributed by atoms with Crippen molar-refractivity contribution in [2.75, 3.05) is 66.9 Å². The van der Waals surface area contributed by atoms with Crippen LogP contribution < -0.4 is 28.4 Å². The van der Waals surface area contributed by atoms with Gasteiger partial charge in [-0.25, -0.2) is 9.97 Å². The van der Waals surface area contributed by atoms with E-state index in [9.17, 15) is 32.3 Å². The number of β-amino-alcohol motifs (C(OH)–C–C–N with tert-alkyl or cyclic N) is 1. The van der Waals surface area contributed by atoms with Gasteiger partial charge in [0.2, 0.25) is 0 Å². The highest BCUT2D eigenvalue weighted by molar-refractivity contribution is 6.03. The first-order valence-electron chi connectivity index (χ1n) is 23.1.